The average molecular weight is 771 g/mol. The van der Waals surface area contributed by atoms with Gasteiger partial charge in [-0.15, -0.1) is 0 Å². The van der Waals surface area contributed by atoms with Crippen molar-refractivity contribution in [1.82, 2.24) is 19.5 Å². The summed E-state index contributed by atoms with van der Waals surface area (Å²) in [6.45, 7) is 4.68. The highest BCUT2D eigenvalue weighted by Crippen LogP contribution is 2.51. The van der Waals surface area contributed by atoms with E-state index in [0.29, 0.717) is 17.5 Å². The van der Waals surface area contributed by atoms with Gasteiger partial charge in [0.05, 0.1) is 11.0 Å². The number of nitrogens with zero attached hydrogens (tertiary/aromatic N) is 4. The first-order chi connectivity index (χ1) is 29.5. The van der Waals surface area contributed by atoms with Crippen molar-refractivity contribution < 1.29 is 8.83 Å². The summed E-state index contributed by atoms with van der Waals surface area (Å²) in [5.74, 6) is 1.82. The fraction of sp³-hybridized carbons (Fsp3) is 0.0556. The minimum Gasteiger partial charge on any atom is -0.456 e. The standard InChI is InChI=1S/C54H34N4O2/c1-54(2)42-21-11-9-18-34(42)38-27-39-35-19-10-12-22-44(35)58(45(39)29-43(38)54)33-24-25-36-40-28-41-49(30-48(40)60-47(36)26-33)59-46-23-13-20-37(50(41)46)53-56-51(31-14-5-3-6-15-31)55-52(57-53)32-16-7-4-8-17-32/h3-30H,1-2H3. The SMILES string of the molecule is CC1(C)c2ccccc2-c2cc3c4ccccc4n(-c4ccc5c(c4)oc4cc6oc7cccc(-c8nc(-c9ccccc9)nc(-c9ccccc9)n8)c7c6cc45)c3cc21. The van der Waals surface area contributed by atoms with Gasteiger partial charge in [-0.3, -0.25) is 0 Å². The van der Waals surface area contributed by atoms with Gasteiger partial charge in [-0.1, -0.05) is 129 Å². The van der Waals surface area contributed by atoms with E-state index in [-0.39, 0.29) is 5.41 Å². The van der Waals surface area contributed by atoms with E-state index in [0.717, 1.165) is 66.3 Å². The molecule has 12 aromatic rings. The van der Waals surface area contributed by atoms with Gasteiger partial charge >= 0.3 is 0 Å². The molecule has 0 N–H and O–H groups in total. The summed E-state index contributed by atoms with van der Waals surface area (Å²) >= 11 is 0. The Kier molecular flexibility index (Phi) is 6.69. The van der Waals surface area contributed by atoms with E-state index in [1.54, 1.807) is 0 Å². The van der Waals surface area contributed by atoms with Crippen LogP contribution in [0.3, 0.4) is 0 Å². The van der Waals surface area contributed by atoms with Crippen LogP contribution in [0.4, 0.5) is 0 Å². The first-order valence-electron chi connectivity index (χ1n) is 20.3. The Morgan fingerprint density at radius 2 is 1.05 bits per heavy atom. The van der Waals surface area contributed by atoms with Crippen LogP contribution in [0.5, 0.6) is 0 Å². The van der Waals surface area contributed by atoms with E-state index in [4.69, 9.17) is 23.8 Å². The molecule has 0 unspecified atom stereocenters. The van der Waals surface area contributed by atoms with Crippen molar-refractivity contribution in [2.24, 2.45) is 0 Å². The fourth-order valence-electron chi connectivity index (χ4n) is 9.78. The molecule has 0 radical (unpaired) electrons. The second kappa shape index (κ2) is 12.1. The first kappa shape index (κ1) is 33.2. The lowest BCUT2D eigenvalue weighted by Gasteiger charge is -2.21. The molecule has 0 amide bonds. The average Bonchev–Trinajstić information content (AvgIpc) is 4.01. The van der Waals surface area contributed by atoms with Gasteiger partial charge in [0, 0.05) is 72.2 Å². The van der Waals surface area contributed by atoms with Crippen molar-refractivity contribution in [2.75, 3.05) is 0 Å². The van der Waals surface area contributed by atoms with E-state index in [9.17, 15) is 0 Å². The quantitative estimate of drug-likeness (QED) is 0.178. The number of aromatic nitrogens is 4. The number of rotatable bonds is 4. The van der Waals surface area contributed by atoms with E-state index in [1.807, 2.05) is 78.9 Å². The van der Waals surface area contributed by atoms with Crippen molar-refractivity contribution in [3.63, 3.8) is 0 Å². The van der Waals surface area contributed by atoms with Gasteiger partial charge in [-0.05, 0) is 64.7 Å². The molecule has 1 aliphatic rings. The van der Waals surface area contributed by atoms with Gasteiger partial charge in [0.2, 0.25) is 0 Å². The van der Waals surface area contributed by atoms with Crippen LogP contribution in [0.2, 0.25) is 0 Å². The second-order valence-corrected chi connectivity index (χ2v) is 16.4. The summed E-state index contributed by atoms with van der Waals surface area (Å²) in [6.07, 6.45) is 0. The van der Waals surface area contributed by atoms with Crippen LogP contribution in [-0.4, -0.2) is 19.5 Å². The lowest BCUT2D eigenvalue weighted by atomic mass is 9.82. The fourth-order valence-corrected chi connectivity index (χ4v) is 9.78. The maximum absolute atomic E-state index is 6.71. The molecule has 0 aliphatic heterocycles. The van der Waals surface area contributed by atoms with Crippen molar-refractivity contribution in [1.29, 1.82) is 0 Å². The summed E-state index contributed by atoms with van der Waals surface area (Å²) in [7, 11) is 0. The summed E-state index contributed by atoms with van der Waals surface area (Å²) in [5.41, 5.74) is 14.5. The van der Waals surface area contributed by atoms with E-state index >= 15 is 0 Å². The molecule has 13 rings (SSSR count). The van der Waals surface area contributed by atoms with Gasteiger partial charge in [-0.2, -0.15) is 0 Å². The van der Waals surface area contributed by atoms with E-state index in [2.05, 4.69) is 109 Å². The maximum Gasteiger partial charge on any atom is 0.164 e. The number of hydrogen-bond acceptors (Lipinski definition) is 5. The highest BCUT2D eigenvalue weighted by Gasteiger charge is 2.36. The Labute approximate surface area is 344 Å². The van der Waals surface area contributed by atoms with Gasteiger partial charge < -0.3 is 13.4 Å². The lowest BCUT2D eigenvalue weighted by molar-refractivity contribution is 0.656. The van der Waals surface area contributed by atoms with Crippen molar-refractivity contribution in [3.05, 3.63) is 181 Å². The van der Waals surface area contributed by atoms with Crippen LogP contribution in [0.25, 0.3) is 117 Å². The highest BCUT2D eigenvalue weighted by molar-refractivity contribution is 6.18. The van der Waals surface area contributed by atoms with Crippen LogP contribution in [0, 0.1) is 0 Å². The zero-order valence-corrected chi connectivity index (χ0v) is 32.8. The molecule has 8 aromatic carbocycles. The smallest absolute Gasteiger partial charge is 0.164 e. The zero-order valence-electron chi connectivity index (χ0n) is 32.8. The molecule has 0 bridgehead atoms. The molecule has 6 heteroatoms. The molecule has 0 saturated carbocycles. The molecule has 0 fully saturated rings. The van der Waals surface area contributed by atoms with Gasteiger partial charge in [0.15, 0.2) is 17.5 Å². The molecule has 0 atom stereocenters. The van der Waals surface area contributed by atoms with Gasteiger partial charge in [0.25, 0.3) is 0 Å². The minimum atomic E-state index is -0.108. The molecule has 1 aliphatic carbocycles. The Balaban J connectivity index is 0.991. The van der Waals surface area contributed by atoms with Crippen LogP contribution in [0.15, 0.2) is 179 Å². The molecule has 0 spiro atoms. The Morgan fingerprint density at radius 3 is 1.85 bits per heavy atom. The number of fused-ring (bicyclic) bond motifs is 12. The molecule has 4 heterocycles. The Hall–Kier alpha value is -7.83. The van der Waals surface area contributed by atoms with Gasteiger partial charge in [-0.25, -0.2) is 15.0 Å². The predicted octanol–water partition coefficient (Wildman–Crippen LogP) is 14.1. The first-order valence-corrected chi connectivity index (χ1v) is 20.3. The number of furan rings is 2. The van der Waals surface area contributed by atoms with Crippen molar-refractivity contribution in [2.45, 2.75) is 19.3 Å². The number of para-hydroxylation sites is 1. The van der Waals surface area contributed by atoms with Gasteiger partial charge in [0.1, 0.15) is 22.3 Å². The molecule has 282 valence electrons. The monoisotopic (exact) mass is 770 g/mol. The van der Waals surface area contributed by atoms with E-state index < -0.39 is 0 Å². The summed E-state index contributed by atoms with van der Waals surface area (Å²) in [6, 6.07) is 59.4. The third-order valence-electron chi connectivity index (χ3n) is 12.6. The Morgan fingerprint density at radius 1 is 0.400 bits per heavy atom. The zero-order chi connectivity index (χ0) is 39.7. The topological polar surface area (TPSA) is 69.9 Å². The summed E-state index contributed by atoms with van der Waals surface area (Å²) in [4.78, 5) is 15.1. The summed E-state index contributed by atoms with van der Waals surface area (Å²) < 4.78 is 15.7. The van der Waals surface area contributed by atoms with Crippen molar-refractivity contribution in [3.8, 4) is 51.0 Å². The molecule has 6 nitrogen and oxygen atoms in total. The maximum atomic E-state index is 6.71. The number of benzene rings is 8. The molecule has 60 heavy (non-hydrogen) atoms. The van der Waals surface area contributed by atoms with Crippen LogP contribution < -0.4 is 0 Å². The minimum absolute atomic E-state index is 0.108. The second-order valence-electron chi connectivity index (χ2n) is 16.4. The third kappa shape index (κ3) is 4.67. The van der Waals surface area contributed by atoms with E-state index in [1.165, 1.54) is 44.1 Å². The number of hydrogen-bond donors (Lipinski definition) is 0. The molecule has 4 aromatic heterocycles. The molecule has 0 saturated heterocycles. The van der Waals surface area contributed by atoms with Crippen LogP contribution in [0.1, 0.15) is 25.0 Å². The van der Waals surface area contributed by atoms with Crippen LogP contribution >= 0.6 is 0 Å². The normalized spacial score (nSPS) is 13.3. The Bertz CT molecular complexity index is 3690. The summed E-state index contributed by atoms with van der Waals surface area (Å²) in [5, 5.41) is 6.46. The highest BCUT2D eigenvalue weighted by atomic mass is 16.3. The molecular weight excluding hydrogens is 737 g/mol. The largest absolute Gasteiger partial charge is 0.456 e. The van der Waals surface area contributed by atoms with Crippen LogP contribution in [-0.2, 0) is 5.41 Å². The third-order valence-corrected chi connectivity index (χ3v) is 12.6. The lowest BCUT2D eigenvalue weighted by Crippen LogP contribution is -2.14. The van der Waals surface area contributed by atoms with Crippen molar-refractivity contribution >= 4 is 65.7 Å². The molecular formula is C54H34N4O2. The predicted molar refractivity (Wildman–Crippen MR) is 243 cm³/mol.